The third kappa shape index (κ3) is 5.30. The molecule has 0 fully saturated rings. The number of aromatic nitrogens is 1. The van der Waals surface area contributed by atoms with Gasteiger partial charge in [-0.25, -0.2) is 9.59 Å². The summed E-state index contributed by atoms with van der Waals surface area (Å²) < 4.78 is 7.29. The van der Waals surface area contributed by atoms with E-state index in [9.17, 15) is 14.7 Å². The van der Waals surface area contributed by atoms with Crippen LogP contribution in [-0.2, 0) is 16.0 Å². The summed E-state index contributed by atoms with van der Waals surface area (Å²) in [5.74, 6) is -1.08. The average molecular weight is 324 g/mol. The van der Waals surface area contributed by atoms with E-state index in [0.29, 0.717) is 6.04 Å². The minimum Gasteiger partial charge on any atom is -0.480 e. The third-order valence-corrected chi connectivity index (χ3v) is 3.52. The van der Waals surface area contributed by atoms with Crippen molar-refractivity contribution in [3.8, 4) is 0 Å². The maximum absolute atomic E-state index is 11.8. The van der Waals surface area contributed by atoms with E-state index in [-0.39, 0.29) is 6.42 Å². The van der Waals surface area contributed by atoms with Crippen molar-refractivity contribution < 1.29 is 19.4 Å². The van der Waals surface area contributed by atoms with Crippen LogP contribution in [-0.4, -0.2) is 33.4 Å². The van der Waals surface area contributed by atoms with Gasteiger partial charge in [0.15, 0.2) is 0 Å². The Labute approximate surface area is 137 Å². The standard InChI is InChI=1S/C17H28N2O4/c1-10(2)19-11(3)8-13(12(19)4)9-14(15(20)21)18-16(22)23-17(5,6)7/h8,10,14H,9H2,1-7H3,(H,18,22)(H,20,21). The number of ether oxygens (including phenoxy) is 1. The summed E-state index contributed by atoms with van der Waals surface area (Å²) in [6.07, 6.45) is -0.497. The Kier molecular flexibility index (Phi) is 5.86. The molecule has 2 N–H and O–H groups in total. The lowest BCUT2D eigenvalue weighted by Crippen LogP contribution is -2.44. The van der Waals surface area contributed by atoms with Gasteiger partial charge in [-0.1, -0.05) is 0 Å². The molecule has 1 heterocycles. The number of hydrogen-bond acceptors (Lipinski definition) is 3. The molecule has 1 aromatic heterocycles. The lowest BCUT2D eigenvalue weighted by molar-refractivity contribution is -0.139. The second-order valence-electron chi connectivity index (χ2n) is 7.10. The minimum absolute atomic E-state index is 0.223. The highest BCUT2D eigenvalue weighted by atomic mass is 16.6. The molecule has 0 spiro atoms. The van der Waals surface area contributed by atoms with E-state index in [4.69, 9.17) is 4.74 Å². The number of nitrogens with zero attached hydrogens (tertiary/aromatic N) is 1. The summed E-state index contributed by atoms with van der Waals surface area (Å²) in [6.45, 7) is 13.3. The van der Waals surface area contributed by atoms with Gasteiger partial charge in [0.1, 0.15) is 11.6 Å². The van der Waals surface area contributed by atoms with Crippen LogP contribution in [0.15, 0.2) is 6.07 Å². The first-order valence-corrected chi connectivity index (χ1v) is 7.82. The SMILES string of the molecule is Cc1cc(CC(NC(=O)OC(C)(C)C)C(=O)O)c(C)n1C(C)C. The van der Waals surface area contributed by atoms with Crippen molar-refractivity contribution in [3.63, 3.8) is 0 Å². The van der Waals surface area contributed by atoms with Gasteiger partial charge in [0.2, 0.25) is 0 Å². The maximum Gasteiger partial charge on any atom is 0.408 e. The molecule has 1 rings (SSSR count). The molecule has 0 saturated heterocycles. The predicted molar refractivity (Wildman–Crippen MR) is 88.8 cm³/mol. The summed E-state index contributed by atoms with van der Waals surface area (Å²) in [6, 6.07) is 1.25. The molecule has 1 amide bonds. The largest absolute Gasteiger partial charge is 0.480 e. The van der Waals surface area contributed by atoms with Crippen LogP contribution >= 0.6 is 0 Å². The van der Waals surface area contributed by atoms with Gasteiger partial charge in [-0.3, -0.25) is 0 Å². The molecule has 0 aliphatic rings. The quantitative estimate of drug-likeness (QED) is 0.871. The van der Waals surface area contributed by atoms with E-state index in [1.165, 1.54) is 0 Å². The Morgan fingerprint density at radius 2 is 1.87 bits per heavy atom. The lowest BCUT2D eigenvalue weighted by Gasteiger charge is -2.22. The molecule has 1 aromatic rings. The van der Waals surface area contributed by atoms with Gasteiger partial charge in [-0.2, -0.15) is 0 Å². The van der Waals surface area contributed by atoms with Gasteiger partial charge in [0.05, 0.1) is 0 Å². The smallest absolute Gasteiger partial charge is 0.408 e. The average Bonchev–Trinajstić information content (AvgIpc) is 2.60. The van der Waals surface area contributed by atoms with Crippen molar-refractivity contribution in [2.75, 3.05) is 0 Å². The van der Waals surface area contributed by atoms with Crippen LogP contribution in [0.3, 0.4) is 0 Å². The summed E-state index contributed by atoms with van der Waals surface area (Å²) in [5, 5.41) is 11.8. The zero-order valence-corrected chi connectivity index (χ0v) is 15.1. The maximum atomic E-state index is 11.8. The van der Waals surface area contributed by atoms with Gasteiger partial charge in [-0.15, -0.1) is 0 Å². The molecule has 6 nitrogen and oxygen atoms in total. The van der Waals surface area contributed by atoms with E-state index in [1.807, 2.05) is 19.9 Å². The second-order valence-corrected chi connectivity index (χ2v) is 7.10. The van der Waals surface area contributed by atoms with Crippen molar-refractivity contribution in [3.05, 3.63) is 23.0 Å². The molecular weight excluding hydrogens is 296 g/mol. The Morgan fingerprint density at radius 3 is 2.26 bits per heavy atom. The summed E-state index contributed by atoms with van der Waals surface area (Å²) >= 11 is 0. The summed E-state index contributed by atoms with van der Waals surface area (Å²) in [7, 11) is 0. The van der Waals surface area contributed by atoms with Crippen molar-refractivity contribution in [1.82, 2.24) is 9.88 Å². The van der Waals surface area contributed by atoms with Gasteiger partial charge in [-0.05, 0) is 60.1 Å². The number of carboxylic acids is 1. The summed E-state index contributed by atoms with van der Waals surface area (Å²) in [5.41, 5.74) is 2.35. The normalized spacial score (nSPS) is 13.0. The Bertz CT molecular complexity index is 582. The highest BCUT2D eigenvalue weighted by Gasteiger charge is 2.25. The fraction of sp³-hybridized carbons (Fsp3) is 0.647. The van der Waals surface area contributed by atoms with Crippen LogP contribution in [0, 0.1) is 13.8 Å². The molecule has 0 aromatic carbocycles. The van der Waals surface area contributed by atoms with Gasteiger partial charge >= 0.3 is 12.1 Å². The van der Waals surface area contributed by atoms with Crippen LogP contribution in [0.1, 0.15) is 57.6 Å². The molecule has 0 radical (unpaired) electrons. The van der Waals surface area contributed by atoms with Crippen LogP contribution in [0.5, 0.6) is 0 Å². The van der Waals surface area contributed by atoms with E-state index in [1.54, 1.807) is 20.8 Å². The molecule has 1 atom stereocenters. The topological polar surface area (TPSA) is 80.6 Å². The molecule has 23 heavy (non-hydrogen) atoms. The molecule has 0 saturated carbocycles. The number of nitrogens with one attached hydrogen (secondary N) is 1. The van der Waals surface area contributed by atoms with E-state index in [0.717, 1.165) is 17.0 Å². The monoisotopic (exact) mass is 324 g/mol. The molecular formula is C17H28N2O4. The number of rotatable bonds is 5. The molecule has 6 heteroatoms. The molecule has 130 valence electrons. The molecule has 0 aliphatic heterocycles. The number of carboxylic acid groups (broad SMARTS) is 1. The van der Waals surface area contributed by atoms with Crippen LogP contribution < -0.4 is 5.32 Å². The number of hydrogen-bond donors (Lipinski definition) is 2. The Balaban J connectivity index is 2.92. The van der Waals surface area contributed by atoms with Gasteiger partial charge < -0.3 is 19.7 Å². The molecule has 0 bridgehead atoms. The number of carbonyl (C=O) groups excluding carboxylic acids is 1. The van der Waals surface area contributed by atoms with Crippen molar-refractivity contribution >= 4 is 12.1 Å². The summed E-state index contributed by atoms with van der Waals surface area (Å²) in [4.78, 5) is 23.3. The molecule has 1 unspecified atom stereocenters. The highest BCUT2D eigenvalue weighted by Crippen LogP contribution is 2.21. The fourth-order valence-electron chi connectivity index (χ4n) is 2.72. The number of alkyl carbamates (subject to hydrolysis) is 1. The first kappa shape index (κ1) is 19.1. The Hall–Kier alpha value is -1.98. The van der Waals surface area contributed by atoms with Gasteiger partial charge in [0, 0.05) is 23.9 Å². The number of aliphatic carboxylic acids is 1. The van der Waals surface area contributed by atoms with Crippen molar-refractivity contribution in [1.29, 1.82) is 0 Å². The Morgan fingerprint density at radius 1 is 1.30 bits per heavy atom. The zero-order chi connectivity index (χ0) is 17.9. The highest BCUT2D eigenvalue weighted by molar-refractivity contribution is 5.80. The second kappa shape index (κ2) is 7.06. The van der Waals surface area contributed by atoms with Crippen molar-refractivity contribution in [2.45, 2.75) is 72.6 Å². The first-order valence-electron chi connectivity index (χ1n) is 7.82. The van der Waals surface area contributed by atoms with Crippen LogP contribution in [0.4, 0.5) is 4.79 Å². The lowest BCUT2D eigenvalue weighted by atomic mass is 10.1. The van der Waals surface area contributed by atoms with E-state index < -0.39 is 23.7 Å². The minimum atomic E-state index is -1.08. The van der Waals surface area contributed by atoms with Crippen molar-refractivity contribution in [2.24, 2.45) is 0 Å². The van der Waals surface area contributed by atoms with Crippen LogP contribution in [0.25, 0.3) is 0 Å². The predicted octanol–water partition coefficient (Wildman–Crippen LogP) is 3.21. The number of carbonyl (C=O) groups is 2. The van der Waals surface area contributed by atoms with Crippen LogP contribution in [0.2, 0.25) is 0 Å². The fourth-order valence-corrected chi connectivity index (χ4v) is 2.72. The van der Waals surface area contributed by atoms with Gasteiger partial charge in [0.25, 0.3) is 0 Å². The van der Waals surface area contributed by atoms with E-state index >= 15 is 0 Å². The first-order chi connectivity index (χ1) is 10.4. The number of aryl methyl sites for hydroxylation is 1. The number of amides is 1. The third-order valence-electron chi connectivity index (χ3n) is 3.52. The molecule has 0 aliphatic carbocycles. The zero-order valence-electron chi connectivity index (χ0n) is 15.1. The van der Waals surface area contributed by atoms with E-state index in [2.05, 4.69) is 23.7 Å².